The third kappa shape index (κ3) is 2.47. The van der Waals surface area contributed by atoms with E-state index in [1.165, 1.54) is 25.7 Å². The molecule has 0 aliphatic heterocycles. The Bertz CT molecular complexity index is 271. The lowest BCUT2D eigenvalue weighted by molar-refractivity contribution is 0.358. The summed E-state index contributed by atoms with van der Waals surface area (Å²) in [4.78, 5) is 4.29. The van der Waals surface area contributed by atoms with Crippen molar-refractivity contribution >= 4 is 5.82 Å². The number of nitrogens with zero attached hydrogens (tertiary/aromatic N) is 1. The minimum Gasteiger partial charge on any atom is -0.367 e. The van der Waals surface area contributed by atoms with Crippen LogP contribution in [0.2, 0.25) is 0 Å². The molecule has 76 valence electrons. The molecule has 0 radical (unpaired) electrons. The second-order valence-corrected chi connectivity index (χ2v) is 4.33. The first-order valence-electron chi connectivity index (χ1n) is 5.52. The minimum absolute atomic E-state index is 0.633. The molecule has 0 spiro atoms. The minimum atomic E-state index is 0.633. The van der Waals surface area contributed by atoms with Crippen LogP contribution in [0.1, 0.15) is 32.6 Å². The van der Waals surface area contributed by atoms with Crippen LogP contribution in [0.3, 0.4) is 0 Å². The van der Waals surface area contributed by atoms with Gasteiger partial charge in [0, 0.05) is 12.2 Å². The summed E-state index contributed by atoms with van der Waals surface area (Å²) < 4.78 is 0. The van der Waals surface area contributed by atoms with Gasteiger partial charge in [-0.2, -0.15) is 0 Å². The van der Waals surface area contributed by atoms with Crippen molar-refractivity contribution in [3.63, 3.8) is 0 Å². The van der Waals surface area contributed by atoms with Crippen LogP contribution in [-0.4, -0.2) is 11.0 Å². The van der Waals surface area contributed by atoms with E-state index in [-0.39, 0.29) is 0 Å². The SMILES string of the molecule is CC1CCCC(Nc2ccccn2)C1. The van der Waals surface area contributed by atoms with E-state index in [0.717, 1.165) is 11.7 Å². The molecule has 0 amide bonds. The largest absolute Gasteiger partial charge is 0.367 e. The Morgan fingerprint density at radius 3 is 3.00 bits per heavy atom. The maximum absolute atomic E-state index is 4.29. The lowest BCUT2D eigenvalue weighted by Gasteiger charge is -2.27. The summed E-state index contributed by atoms with van der Waals surface area (Å²) in [6, 6.07) is 6.66. The maximum Gasteiger partial charge on any atom is 0.126 e. The smallest absolute Gasteiger partial charge is 0.126 e. The molecule has 1 N–H and O–H groups in total. The lowest BCUT2D eigenvalue weighted by atomic mass is 9.87. The fraction of sp³-hybridized carbons (Fsp3) is 0.583. The van der Waals surface area contributed by atoms with Gasteiger partial charge in [0.1, 0.15) is 5.82 Å². The fourth-order valence-corrected chi connectivity index (χ4v) is 2.22. The maximum atomic E-state index is 4.29. The van der Waals surface area contributed by atoms with Crippen molar-refractivity contribution < 1.29 is 0 Å². The molecule has 0 saturated heterocycles. The molecular formula is C12H18N2. The van der Waals surface area contributed by atoms with Crippen LogP contribution in [-0.2, 0) is 0 Å². The van der Waals surface area contributed by atoms with Gasteiger partial charge in [0.05, 0.1) is 0 Å². The molecule has 2 rings (SSSR count). The molecule has 0 bridgehead atoms. The molecule has 1 heterocycles. The molecule has 1 saturated carbocycles. The summed E-state index contributed by atoms with van der Waals surface area (Å²) in [7, 11) is 0. The normalized spacial score (nSPS) is 27.2. The van der Waals surface area contributed by atoms with Crippen molar-refractivity contribution in [3.05, 3.63) is 24.4 Å². The molecule has 1 aliphatic carbocycles. The summed E-state index contributed by atoms with van der Waals surface area (Å²) >= 11 is 0. The van der Waals surface area contributed by atoms with Crippen LogP contribution in [0, 0.1) is 5.92 Å². The molecule has 14 heavy (non-hydrogen) atoms. The first-order valence-corrected chi connectivity index (χ1v) is 5.52. The van der Waals surface area contributed by atoms with E-state index < -0.39 is 0 Å². The number of nitrogens with one attached hydrogen (secondary N) is 1. The molecule has 1 aromatic rings. The molecule has 1 fully saturated rings. The first kappa shape index (κ1) is 9.50. The van der Waals surface area contributed by atoms with Gasteiger partial charge in [0.15, 0.2) is 0 Å². The van der Waals surface area contributed by atoms with Gasteiger partial charge in [0.25, 0.3) is 0 Å². The van der Waals surface area contributed by atoms with E-state index in [1.807, 2.05) is 24.4 Å². The zero-order valence-electron chi connectivity index (χ0n) is 8.74. The fourth-order valence-electron chi connectivity index (χ4n) is 2.22. The Hall–Kier alpha value is -1.05. The quantitative estimate of drug-likeness (QED) is 0.775. The van der Waals surface area contributed by atoms with Crippen LogP contribution in [0.25, 0.3) is 0 Å². The Balaban J connectivity index is 1.91. The number of hydrogen-bond acceptors (Lipinski definition) is 2. The van der Waals surface area contributed by atoms with Gasteiger partial charge < -0.3 is 5.32 Å². The van der Waals surface area contributed by atoms with Crippen molar-refractivity contribution in [2.24, 2.45) is 5.92 Å². The third-order valence-corrected chi connectivity index (χ3v) is 2.95. The Labute approximate surface area is 85.7 Å². The highest BCUT2D eigenvalue weighted by atomic mass is 15.0. The molecule has 1 aliphatic rings. The predicted molar refractivity (Wildman–Crippen MR) is 59.3 cm³/mol. The zero-order valence-corrected chi connectivity index (χ0v) is 8.74. The van der Waals surface area contributed by atoms with Crippen molar-refractivity contribution in [2.75, 3.05) is 5.32 Å². The Morgan fingerprint density at radius 1 is 1.36 bits per heavy atom. The molecule has 2 unspecified atom stereocenters. The van der Waals surface area contributed by atoms with E-state index in [4.69, 9.17) is 0 Å². The number of anilines is 1. The molecular weight excluding hydrogens is 172 g/mol. The van der Waals surface area contributed by atoms with Crippen molar-refractivity contribution in [2.45, 2.75) is 38.6 Å². The second kappa shape index (κ2) is 4.45. The third-order valence-electron chi connectivity index (χ3n) is 2.95. The standard InChI is InChI=1S/C12H18N2/c1-10-5-4-6-11(9-10)14-12-7-2-3-8-13-12/h2-3,7-8,10-11H,4-6,9H2,1H3,(H,13,14). The topological polar surface area (TPSA) is 24.9 Å². The van der Waals surface area contributed by atoms with E-state index in [2.05, 4.69) is 17.2 Å². The molecule has 1 aromatic heterocycles. The molecule has 0 aromatic carbocycles. The van der Waals surface area contributed by atoms with Crippen LogP contribution in [0.5, 0.6) is 0 Å². The Morgan fingerprint density at radius 2 is 2.29 bits per heavy atom. The summed E-state index contributed by atoms with van der Waals surface area (Å²) in [6.45, 7) is 2.34. The molecule has 2 heteroatoms. The van der Waals surface area contributed by atoms with Crippen LogP contribution in [0.4, 0.5) is 5.82 Å². The highest BCUT2D eigenvalue weighted by Crippen LogP contribution is 2.25. The van der Waals surface area contributed by atoms with Gasteiger partial charge in [-0.3, -0.25) is 0 Å². The highest BCUT2D eigenvalue weighted by Gasteiger charge is 2.18. The van der Waals surface area contributed by atoms with Crippen LogP contribution >= 0.6 is 0 Å². The van der Waals surface area contributed by atoms with Crippen molar-refractivity contribution in [1.29, 1.82) is 0 Å². The molecule has 2 atom stereocenters. The first-order chi connectivity index (χ1) is 6.84. The van der Waals surface area contributed by atoms with E-state index in [1.54, 1.807) is 0 Å². The number of hydrogen-bond donors (Lipinski definition) is 1. The van der Waals surface area contributed by atoms with Crippen molar-refractivity contribution in [1.82, 2.24) is 4.98 Å². The second-order valence-electron chi connectivity index (χ2n) is 4.33. The Kier molecular flexibility index (Phi) is 3.02. The zero-order chi connectivity index (χ0) is 9.80. The summed E-state index contributed by atoms with van der Waals surface area (Å²) in [5, 5.41) is 3.50. The summed E-state index contributed by atoms with van der Waals surface area (Å²) in [5.74, 6) is 1.89. The van der Waals surface area contributed by atoms with Gasteiger partial charge >= 0.3 is 0 Å². The van der Waals surface area contributed by atoms with Gasteiger partial charge in [-0.1, -0.05) is 25.8 Å². The van der Waals surface area contributed by atoms with E-state index in [9.17, 15) is 0 Å². The number of rotatable bonds is 2. The average molecular weight is 190 g/mol. The van der Waals surface area contributed by atoms with Crippen molar-refractivity contribution in [3.8, 4) is 0 Å². The van der Waals surface area contributed by atoms with Gasteiger partial charge in [-0.05, 0) is 30.9 Å². The average Bonchev–Trinajstić information content (AvgIpc) is 2.19. The predicted octanol–water partition coefficient (Wildman–Crippen LogP) is 3.07. The van der Waals surface area contributed by atoms with Gasteiger partial charge in [-0.15, -0.1) is 0 Å². The van der Waals surface area contributed by atoms with E-state index in [0.29, 0.717) is 6.04 Å². The van der Waals surface area contributed by atoms with Gasteiger partial charge in [0.2, 0.25) is 0 Å². The lowest BCUT2D eigenvalue weighted by Crippen LogP contribution is -2.26. The molecule has 2 nitrogen and oxygen atoms in total. The number of pyridine rings is 1. The van der Waals surface area contributed by atoms with Gasteiger partial charge in [-0.25, -0.2) is 4.98 Å². The van der Waals surface area contributed by atoms with Crippen LogP contribution in [0.15, 0.2) is 24.4 Å². The summed E-state index contributed by atoms with van der Waals surface area (Å²) in [5.41, 5.74) is 0. The monoisotopic (exact) mass is 190 g/mol. The highest BCUT2D eigenvalue weighted by molar-refractivity contribution is 5.34. The number of aromatic nitrogens is 1. The van der Waals surface area contributed by atoms with Crippen LogP contribution < -0.4 is 5.32 Å². The summed E-state index contributed by atoms with van der Waals surface area (Å²) in [6.07, 6.45) is 7.16. The van der Waals surface area contributed by atoms with E-state index >= 15 is 0 Å².